The molecule has 0 heterocycles. The number of benzene rings is 2. The van der Waals surface area contributed by atoms with Crippen molar-refractivity contribution >= 4 is 0 Å². The molecule has 0 heteroatoms. The summed E-state index contributed by atoms with van der Waals surface area (Å²) in [7, 11) is 0. The number of unbranched alkanes of at least 4 members (excludes halogenated alkanes) is 1. The highest BCUT2D eigenvalue weighted by atomic mass is 14.2. The lowest BCUT2D eigenvalue weighted by atomic mass is 9.81. The van der Waals surface area contributed by atoms with Gasteiger partial charge in [-0.15, -0.1) is 0 Å². The molecule has 1 radical (unpaired) electrons. The van der Waals surface area contributed by atoms with Crippen molar-refractivity contribution in [1.82, 2.24) is 0 Å². The van der Waals surface area contributed by atoms with Crippen molar-refractivity contribution in [2.24, 2.45) is 5.92 Å². The fraction of sp³-hybridized carbons (Fsp3) is 0.500. The summed E-state index contributed by atoms with van der Waals surface area (Å²) in [6.07, 6.45) is 8.89. The summed E-state index contributed by atoms with van der Waals surface area (Å²) >= 11 is 0. The SMILES string of the molecule is CCCCC([CH]C(CC)c1cc(C)cc(C)c1)Cc1cc(C)cc(C)c1. The maximum absolute atomic E-state index is 2.65. The third-order valence-corrected chi connectivity index (χ3v) is 5.32. The van der Waals surface area contributed by atoms with E-state index in [9.17, 15) is 0 Å². The van der Waals surface area contributed by atoms with Crippen molar-refractivity contribution < 1.29 is 0 Å². The first kappa shape index (κ1) is 20.7. The maximum Gasteiger partial charge on any atom is -0.0130 e. The Hall–Kier alpha value is -1.56. The van der Waals surface area contributed by atoms with E-state index in [0.717, 1.165) is 0 Å². The van der Waals surface area contributed by atoms with Gasteiger partial charge >= 0.3 is 0 Å². The minimum atomic E-state index is 0.557. The molecule has 2 aromatic carbocycles. The average Bonchev–Trinajstić information content (AvgIpc) is 2.55. The second-order valence-electron chi connectivity index (χ2n) is 8.23. The largest absolute Gasteiger partial charge is 0.0654 e. The van der Waals surface area contributed by atoms with Gasteiger partial charge in [0, 0.05) is 0 Å². The molecule has 0 aliphatic heterocycles. The summed E-state index contributed by atoms with van der Waals surface area (Å²) in [5.74, 6) is 1.21. The van der Waals surface area contributed by atoms with Crippen molar-refractivity contribution in [1.29, 1.82) is 0 Å². The van der Waals surface area contributed by atoms with Crippen LogP contribution in [0, 0.1) is 40.0 Å². The molecule has 0 aromatic heterocycles. The first-order valence-electron chi connectivity index (χ1n) is 10.4. The third-order valence-electron chi connectivity index (χ3n) is 5.32. The van der Waals surface area contributed by atoms with E-state index in [1.807, 2.05) is 0 Å². The van der Waals surface area contributed by atoms with Crippen LogP contribution in [0.1, 0.15) is 78.8 Å². The first-order valence-corrected chi connectivity index (χ1v) is 10.4. The highest BCUT2D eigenvalue weighted by Gasteiger charge is 2.18. The van der Waals surface area contributed by atoms with Gasteiger partial charge in [0.25, 0.3) is 0 Å². The second-order valence-corrected chi connectivity index (χ2v) is 8.23. The van der Waals surface area contributed by atoms with Crippen LogP contribution in [0.5, 0.6) is 0 Å². The quantitative estimate of drug-likeness (QED) is 0.436. The van der Waals surface area contributed by atoms with Crippen LogP contribution in [0.4, 0.5) is 0 Å². The molecule has 141 valence electrons. The zero-order chi connectivity index (χ0) is 19.1. The van der Waals surface area contributed by atoms with Crippen molar-refractivity contribution in [2.45, 2.75) is 79.6 Å². The molecule has 0 N–H and O–H groups in total. The highest BCUT2D eigenvalue weighted by Crippen LogP contribution is 2.31. The molecule has 2 unspecified atom stereocenters. The summed E-state index contributed by atoms with van der Waals surface area (Å²) in [5.41, 5.74) is 8.52. The molecule has 2 aromatic rings. The van der Waals surface area contributed by atoms with Crippen LogP contribution < -0.4 is 0 Å². The number of hydrogen-bond donors (Lipinski definition) is 0. The molecule has 2 atom stereocenters. The second kappa shape index (κ2) is 9.95. The summed E-state index contributed by atoms with van der Waals surface area (Å²) in [4.78, 5) is 0. The zero-order valence-electron chi connectivity index (χ0n) is 17.7. The van der Waals surface area contributed by atoms with Gasteiger partial charge in [-0.2, -0.15) is 0 Å². The van der Waals surface area contributed by atoms with Gasteiger partial charge in [-0.3, -0.25) is 0 Å². The van der Waals surface area contributed by atoms with Gasteiger partial charge < -0.3 is 0 Å². The van der Waals surface area contributed by atoms with Crippen LogP contribution in [0.25, 0.3) is 0 Å². The Morgan fingerprint density at radius 2 is 1.31 bits per heavy atom. The summed E-state index contributed by atoms with van der Waals surface area (Å²) in [6, 6.07) is 14.1. The Kier molecular flexibility index (Phi) is 7.94. The van der Waals surface area contributed by atoms with Crippen LogP contribution in [-0.2, 0) is 6.42 Å². The zero-order valence-corrected chi connectivity index (χ0v) is 17.7. The van der Waals surface area contributed by atoms with Crippen molar-refractivity contribution in [3.05, 3.63) is 76.2 Å². The van der Waals surface area contributed by atoms with E-state index in [1.54, 1.807) is 0 Å². The predicted octanol–water partition coefficient (Wildman–Crippen LogP) is 7.67. The van der Waals surface area contributed by atoms with Crippen molar-refractivity contribution in [3.8, 4) is 0 Å². The molecule has 0 saturated carbocycles. The highest BCUT2D eigenvalue weighted by molar-refractivity contribution is 5.33. The van der Waals surface area contributed by atoms with E-state index in [0.29, 0.717) is 11.8 Å². The Labute approximate surface area is 162 Å². The average molecular weight is 350 g/mol. The fourth-order valence-electron chi connectivity index (χ4n) is 4.26. The van der Waals surface area contributed by atoms with Gasteiger partial charge in [0.15, 0.2) is 0 Å². The predicted molar refractivity (Wildman–Crippen MR) is 116 cm³/mol. The van der Waals surface area contributed by atoms with E-state index in [2.05, 4.69) is 84.4 Å². The number of rotatable bonds is 9. The first-order chi connectivity index (χ1) is 12.4. The molecule has 0 nitrogen and oxygen atoms in total. The molecule has 0 aliphatic rings. The maximum atomic E-state index is 2.65. The molecular formula is C26H37. The lowest BCUT2D eigenvalue weighted by Gasteiger charge is -2.24. The van der Waals surface area contributed by atoms with Gasteiger partial charge in [-0.05, 0) is 76.3 Å². The van der Waals surface area contributed by atoms with Crippen LogP contribution in [0.3, 0.4) is 0 Å². The Morgan fingerprint density at radius 1 is 0.769 bits per heavy atom. The van der Waals surface area contributed by atoms with Crippen molar-refractivity contribution in [2.75, 3.05) is 0 Å². The van der Waals surface area contributed by atoms with Crippen LogP contribution >= 0.6 is 0 Å². The molecule has 0 fully saturated rings. The van der Waals surface area contributed by atoms with Crippen LogP contribution in [-0.4, -0.2) is 0 Å². The topological polar surface area (TPSA) is 0 Å². The summed E-state index contributed by atoms with van der Waals surface area (Å²) < 4.78 is 0. The molecule has 0 aliphatic carbocycles. The number of aryl methyl sites for hydroxylation is 4. The van der Waals surface area contributed by atoms with Crippen LogP contribution in [0.2, 0.25) is 0 Å². The lowest BCUT2D eigenvalue weighted by Crippen LogP contribution is -2.12. The van der Waals surface area contributed by atoms with Crippen molar-refractivity contribution in [3.63, 3.8) is 0 Å². The third kappa shape index (κ3) is 6.31. The van der Waals surface area contributed by atoms with Gasteiger partial charge in [0.2, 0.25) is 0 Å². The van der Waals surface area contributed by atoms with Gasteiger partial charge in [-0.1, -0.05) is 85.3 Å². The fourth-order valence-corrected chi connectivity index (χ4v) is 4.26. The smallest absolute Gasteiger partial charge is 0.0130 e. The minimum Gasteiger partial charge on any atom is -0.0654 e. The van der Waals surface area contributed by atoms with Crippen LogP contribution in [0.15, 0.2) is 36.4 Å². The van der Waals surface area contributed by atoms with Gasteiger partial charge in [0.05, 0.1) is 0 Å². The summed E-state index contributed by atoms with van der Waals surface area (Å²) in [6.45, 7) is 13.5. The van der Waals surface area contributed by atoms with E-state index in [1.165, 1.54) is 65.5 Å². The number of hydrogen-bond acceptors (Lipinski definition) is 0. The standard InChI is InChI=1S/C26H37/c1-7-9-10-23(17-24-13-19(3)11-20(4)14-24)18-25(8-2)26-15-21(5)12-22(6)16-26/h11-16,18,23,25H,7-10,17H2,1-6H3. The van der Waals surface area contributed by atoms with Gasteiger partial charge in [0.1, 0.15) is 0 Å². The molecule has 26 heavy (non-hydrogen) atoms. The van der Waals surface area contributed by atoms with Gasteiger partial charge in [-0.25, -0.2) is 0 Å². The molecule has 2 rings (SSSR count). The Balaban J connectivity index is 2.18. The molecule has 0 spiro atoms. The Morgan fingerprint density at radius 3 is 1.81 bits per heavy atom. The molecular weight excluding hydrogens is 312 g/mol. The molecule has 0 amide bonds. The molecule has 0 bridgehead atoms. The lowest BCUT2D eigenvalue weighted by molar-refractivity contribution is 0.483. The monoisotopic (exact) mass is 349 g/mol. The normalized spacial score (nSPS) is 13.6. The van der Waals surface area contributed by atoms with E-state index >= 15 is 0 Å². The minimum absolute atomic E-state index is 0.557. The Bertz CT molecular complexity index is 655. The van der Waals surface area contributed by atoms with E-state index < -0.39 is 0 Å². The van der Waals surface area contributed by atoms with E-state index in [4.69, 9.17) is 0 Å². The van der Waals surface area contributed by atoms with E-state index in [-0.39, 0.29) is 0 Å². The molecule has 0 saturated heterocycles. The summed E-state index contributed by atoms with van der Waals surface area (Å²) in [5, 5.41) is 0.